The predicted octanol–water partition coefficient (Wildman–Crippen LogP) is 2.50. The molecule has 0 bridgehead atoms. The molecule has 1 aliphatic heterocycles. The van der Waals surface area contributed by atoms with Gasteiger partial charge in [0.15, 0.2) is 0 Å². The van der Waals surface area contributed by atoms with E-state index in [0.717, 1.165) is 12.5 Å². The first kappa shape index (κ1) is 11.2. The second kappa shape index (κ2) is 5.66. The standard InChI is InChI=1S/C13H23NO/c1-11-7-8-13(15-11)10-14-9-12-5-3-2-4-6-12/h2-3,11-14H,4-10H2,1H3. The van der Waals surface area contributed by atoms with Crippen LogP contribution in [0, 0.1) is 5.92 Å². The van der Waals surface area contributed by atoms with E-state index in [1.165, 1.54) is 38.6 Å². The molecule has 0 radical (unpaired) electrons. The molecule has 0 aromatic carbocycles. The van der Waals surface area contributed by atoms with Gasteiger partial charge in [0.1, 0.15) is 0 Å². The van der Waals surface area contributed by atoms with Crippen molar-refractivity contribution >= 4 is 0 Å². The molecule has 0 aromatic rings. The van der Waals surface area contributed by atoms with Crippen molar-refractivity contribution < 1.29 is 4.74 Å². The third kappa shape index (κ3) is 3.62. The van der Waals surface area contributed by atoms with Crippen LogP contribution in [0.2, 0.25) is 0 Å². The van der Waals surface area contributed by atoms with E-state index in [4.69, 9.17) is 4.74 Å². The Bertz CT molecular complexity index is 215. The van der Waals surface area contributed by atoms with Gasteiger partial charge >= 0.3 is 0 Å². The molecule has 1 aliphatic carbocycles. The molecule has 3 unspecified atom stereocenters. The molecule has 1 saturated heterocycles. The maximum Gasteiger partial charge on any atom is 0.0704 e. The van der Waals surface area contributed by atoms with Crippen molar-refractivity contribution in [2.45, 2.75) is 51.2 Å². The van der Waals surface area contributed by atoms with Gasteiger partial charge < -0.3 is 10.1 Å². The summed E-state index contributed by atoms with van der Waals surface area (Å²) in [7, 11) is 0. The average Bonchev–Trinajstić information content (AvgIpc) is 2.66. The van der Waals surface area contributed by atoms with Gasteiger partial charge in [0.25, 0.3) is 0 Å². The summed E-state index contributed by atoms with van der Waals surface area (Å²) in [5, 5.41) is 3.56. The van der Waals surface area contributed by atoms with Crippen LogP contribution in [0.5, 0.6) is 0 Å². The molecule has 0 amide bonds. The van der Waals surface area contributed by atoms with E-state index in [1.54, 1.807) is 0 Å². The SMILES string of the molecule is CC1CCC(CNCC2CC=CCC2)O1. The summed E-state index contributed by atoms with van der Waals surface area (Å²) < 4.78 is 5.77. The minimum atomic E-state index is 0.471. The molecule has 2 aliphatic rings. The molecule has 2 nitrogen and oxygen atoms in total. The highest BCUT2D eigenvalue weighted by molar-refractivity contribution is 4.90. The van der Waals surface area contributed by atoms with Crippen LogP contribution in [0.25, 0.3) is 0 Å². The second-order valence-electron chi connectivity index (χ2n) is 4.95. The van der Waals surface area contributed by atoms with Crippen molar-refractivity contribution in [2.24, 2.45) is 5.92 Å². The summed E-state index contributed by atoms with van der Waals surface area (Å²) in [5.41, 5.74) is 0. The first-order valence-electron chi connectivity index (χ1n) is 6.36. The largest absolute Gasteiger partial charge is 0.374 e. The molecular formula is C13H23NO. The summed E-state index contributed by atoms with van der Waals surface area (Å²) in [5.74, 6) is 0.855. The summed E-state index contributed by atoms with van der Waals surface area (Å²) in [6.45, 7) is 4.38. The number of ether oxygens (including phenoxy) is 1. The topological polar surface area (TPSA) is 21.3 Å². The lowest BCUT2D eigenvalue weighted by molar-refractivity contribution is 0.0555. The maximum atomic E-state index is 5.77. The summed E-state index contributed by atoms with van der Waals surface area (Å²) in [6, 6.07) is 0. The van der Waals surface area contributed by atoms with Crippen LogP contribution in [-0.2, 0) is 4.74 Å². The van der Waals surface area contributed by atoms with Gasteiger partial charge in [-0.15, -0.1) is 0 Å². The van der Waals surface area contributed by atoms with E-state index >= 15 is 0 Å². The van der Waals surface area contributed by atoms with Crippen molar-refractivity contribution in [1.29, 1.82) is 0 Å². The zero-order chi connectivity index (χ0) is 10.5. The molecule has 86 valence electrons. The van der Waals surface area contributed by atoms with Crippen LogP contribution < -0.4 is 5.32 Å². The van der Waals surface area contributed by atoms with E-state index in [2.05, 4.69) is 24.4 Å². The van der Waals surface area contributed by atoms with Crippen molar-refractivity contribution in [3.63, 3.8) is 0 Å². The zero-order valence-electron chi connectivity index (χ0n) is 9.74. The van der Waals surface area contributed by atoms with Crippen molar-refractivity contribution in [3.8, 4) is 0 Å². The Labute approximate surface area is 93.1 Å². The summed E-state index contributed by atoms with van der Waals surface area (Å²) in [4.78, 5) is 0. The smallest absolute Gasteiger partial charge is 0.0704 e. The third-order valence-corrected chi connectivity index (χ3v) is 3.50. The number of nitrogens with one attached hydrogen (secondary N) is 1. The molecule has 1 heterocycles. The Hall–Kier alpha value is -0.340. The van der Waals surface area contributed by atoms with Crippen molar-refractivity contribution in [2.75, 3.05) is 13.1 Å². The number of rotatable bonds is 4. The predicted molar refractivity (Wildman–Crippen MR) is 62.9 cm³/mol. The quantitative estimate of drug-likeness (QED) is 0.718. The molecule has 0 spiro atoms. The Morgan fingerprint density at radius 3 is 2.80 bits per heavy atom. The molecular weight excluding hydrogens is 186 g/mol. The molecule has 0 saturated carbocycles. The van der Waals surface area contributed by atoms with Crippen LogP contribution >= 0.6 is 0 Å². The van der Waals surface area contributed by atoms with Gasteiger partial charge in [-0.1, -0.05) is 12.2 Å². The van der Waals surface area contributed by atoms with Crippen molar-refractivity contribution in [3.05, 3.63) is 12.2 Å². The minimum Gasteiger partial charge on any atom is -0.374 e. The number of hydrogen-bond donors (Lipinski definition) is 1. The molecule has 1 N–H and O–H groups in total. The highest BCUT2D eigenvalue weighted by atomic mass is 16.5. The van der Waals surface area contributed by atoms with Crippen LogP contribution in [0.4, 0.5) is 0 Å². The lowest BCUT2D eigenvalue weighted by Gasteiger charge is -2.19. The number of hydrogen-bond acceptors (Lipinski definition) is 2. The Kier molecular flexibility index (Phi) is 4.21. The summed E-state index contributed by atoms with van der Waals surface area (Å²) >= 11 is 0. The first-order valence-corrected chi connectivity index (χ1v) is 6.36. The molecule has 2 heteroatoms. The lowest BCUT2D eigenvalue weighted by atomic mass is 9.94. The van der Waals surface area contributed by atoms with Crippen LogP contribution in [-0.4, -0.2) is 25.3 Å². The number of allylic oxidation sites excluding steroid dienone is 2. The highest BCUT2D eigenvalue weighted by Gasteiger charge is 2.21. The Morgan fingerprint density at radius 2 is 2.13 bits per heavy atom. The van der Waals surface area contributed by atoms with E-state index < -0.39 is 0 Å². The highest BCUT2D eigenvalue weighted by Crippen LogP contribution is 2.19. The first-order chi connectivity index (χ1) is 7.34. The van der Waals surface area contributed by atoms with E-state index in [0.29, 0.717) is 12.2 Å². The molecule has 2 rings (SSSR count). The van der Waals surface area contributed by atoms with Gasteiger partial charge in [-0.25, -0.2) is 0 Å². The Morgan fingerprint density at radius 1 is 1.20 bits per heavy atom. The van der Waals surface area contributed by atoms with Crippen LogP contribution in [0.15, 0.2) is 12.2 Å². The van der Waals surface area contributed by atoms with Crippen LogP contribution in [0.1, 0.15) is 39.0 Å². The monoisotopic (exact) mass is 209 g/mol. The van der Waals surface area contributed by atoms with E-state index in [-0.39, 0.29) is 0 Å². The van der Waals surface area contributed by atoms with Crippen molar-refractivity contribution in [1.82, 2.24) is 5.32 Å². The fraction of sp³-hybridized carbons (Fsp3) is 0.846. The Balaban J connectivity index is 1.56. The van der Waals surface area contributed by atoms with Crippen LogP contribution in [0.3, 0.4) is 0 Å². The van der Waals surface area contributed by atoms with Gasteiger partial charge in [0.05, 0.1) is 12.2 Å². The normalized spacial score (nSPS) is 35.9. The van der Waals surface area contributed by atoms with Gasteiger partial charge in [-0.05, 0) is 51.5 Å². The molecule has 15 heavy (non-hydrogen) atoms. The van der Waals surface area contributed by atoms with Gasteiger partial charge in [-0.3, -0.25) is 0 Å². The zero-order valence-corrected chi connectivity index (χ0v) is 9.74. The lowest BCUT2D eigenvalue weighted by Crippen LogP contribution is -2.31. The van der Waals surface area contributed by atoms with Gasteiger partial charge in [-0.2, -0.15) is 0 Å². The fourth-order valence-electron chi connectivity index (χ4n) is 2.53. The second-order valence-corrected chi connectivity index (χ2v) is 4.95. The molecule has 1 fully saturated rings. The van der Waals surface area contributed by atoms with E-state index in [9.17, 15) is 0 Å². The minimum absolute atomic E-state index is 0.471. The third-order valence-electron chi connectivity index (χ3n) is 3.50. The fourth-order valence-corrected chi connectivity index (χ4v) is 2.53. The van der Waals surface area contributed by atoms with E-state index in [1.807, 2.05) is 0 Å². The maximum absolute atomic E-state index is 5.77. The molecule has 0 aromatic heterocycles. The summed E-state index contributed by atoms with van der Waals surface area (Å²) in [6.07, 6.45) is 11.9. The van der Waals surface area contributed by atoms with Gasteiger partial charge in [0.2, 0.25) is 0 Å². The van der Waals surface area contributed by atoms with Gasteiger partial charge in [0, 0.05) is 6.54 Å². The molecule has 3 atom stereocenters. The average molecular weight is 209 g/mol.